The molecule has 4 nitrogen and oxygen atoms in total. The molecule has 0 amide bonds. The molecule has 1 aromatic heterocycles. The molecular formula is C11H18N4. The number of nitrogens with one attached hydrogen (secondary N) is 1. The van der Waals surface area contributed by atoms with E-state index in [4.69, 9.17) is 0 Å². The summed E-state index contributed by atoms with van der Waals surface area (Å²) in [5.41, 5.74) is 0. The van der Waals surface area contributed by atoms with Crippen LogP contribution in [-0.2, 0) is 0 Å². The molecule has 1 saturated carbocycles. The van der Waals surface area contributed by atoms with Gasteiger partial charge in [-0.05, 0) is 32.9 Å². The van der Waals surface area contributed by atoms with Gasteiger partial charge in [-0.25, -0.2) is 9.97 Å². The smallest absolute Gasteiger partial charge is 0.129 e. The van der Waals surface area contributed by atoms with Crippen molar-refractivity contribution in [3.63, 3.8) is 0 Å². The lowest BCUT2D eigenvalue weighted by atomic mass is 10.3. The molecule has 1 fully saturated rings. The molecule has 0 aromatic carbocycles. The predicted molar refractivity (Wildman–Crippen MR) is 60.8 cm³/mol. The number of anilines is 1. The van der Waals surface area contributed by atoms with E-state index in [1.807, 2.05) is 6.07 Å². The summed E-state index contributed by atoms with van der Waals surface area (Å²) >= 11 is 0. The average Bonchev–Trinajstić information content (AvgIpc) is 3.10. The van der Waals surface area contributed by atoms with Crippen molar-refractivity contribution in [2.75, 3.05) is 18.9 Å². The van der Waals surface area contributed by atoms with Crippen molar-refractivity contribution in [3.8, 4) is 0 Å². The zero-order valence-electron chi connectivity index (χ0n) is 9.35. The van der Waals surface area contributed by atoms with Gasteiger partial charge in [-0.15, -0.1) is 0 Å². The lowest BCUT2D eigenvalue weighted by Gasteiger charge is -2.24. The highest BCUT2D eigenvalue weighted by Gasteiger charge is 2.28. The number of likely N-dealkylation sites (N-methyl/N-ethyl adjacent to an activating group) is 1. The third-order valence-electron chi connectivity index (χ3n) is 2.98. The van der Waals surface area contributed by atoms with Crippen LogP contribution >= 0.6 is 0 Å². The Bertz CT molecular complexity index is 297. The van der Waals surface area contributed by atoms with E-state index >= 15 is 0 Å². The maximum atomic E-state index is 4.13. The quantitative estimate of drug-likeness (QED) is 0.790. The normalized spacial score (nSPS) is 17.8. The Morgan fingerprint density at radius 1 is 1.60 bits per heavy atom. The standard InChI is InChI=1S/C11H18N4/c1-9(15(2)10-3-4-10)7-13-11-5-6-12-8-14-11/h5-6,8-10H,3-4,7H2,1-2H3,(H,12,13,14). The van der Waals surface area contributed by atoms with Gasteiger partial charge >= 0.3 is 0 Å². The van der Waals surface area contributed by atoms with Crippen LogP contribution in [0.4, 0.5) is 5.82 Å². The molecular weight excluding hydrogens is 188 g/mol. The number of rotatable bonds is 5. The Kier molecular flexibility index (Phi) is 3.16. The van der Waals surface area contributed by atoms with Crippen molar-refractivity contribution in [2.24, 2.45) is 0 Å². The van der Waals surface area contributed by atoms with Crippen LogP contribution in [-0.4, -0.2) is 40.5 Å². The number of aromatic nitrogens is 2. The summed E-state index contributed by atoms with van der Waals surface area (Å²) in [6, 6.07) is 3.25. The van der Waals surface area contributed by atoms with Crippen LogP contribution in [0.1, 0.15) is 19.8 Å². The van der Waals surface area contributed by atoms with E-state index in [1.54, 1.807) is 12.5 Å². The molecule has 4 heteroatoms. The molecule has 2 rings (SSSR count). The molecule has 1 aliphatic carbocycles. The zero-order chi connectivity index (χ0) is 10.7. The Morgan fingerprint density at radius 3 is 3.00 bits per heavy atom. The molecule has 0 bridgehead atoms. The molecule has 0 saturated heterocycles. The van der Waals surface area contributed by atoms with Gasteiger partial charge < -0.3 is 5.32 Å². The Labute approximate surface area is 90.7 Å². The first-order chi connectivity index (χ1) is 7.27. The zero-order valence-corrected chi connectivity index (χ0v) is 9.35. The van der Waals surface area contributed by atoms with Crippen molar-refractivity contribution in [3.05, 3.63) is 18.6 Å². The van der Waals surface area contributed by atoms with Crippen molar-refractivity contribution < 1.29 is 0 Å². The molecule has 82 valence electrons. The fraction of sp³-hybridized carbons (Fsp3) is 0.636. The molecule has 1 aliphatic rings. The Hall–Kier alpha value is -1.16. The third kappa shape index (κ3) is 2.89. The van der Waals surface area contributed by atoms with Crippen LogP contribution < -0.4 is 5.32 Å². The van der Waals surface area contributed by atoms with E-state index in [0.29, 0.717) is 6.04 Å². The van der Waals surface area contributed by atoms with Crippen molar-refractivity contribution in [2.45, 2.75) is 31.8 Å². The van der Waals surface area contributed by atoms with Gasteiger partial charge in [0.1, 0.15) is 12.1 Å². The van der Waals surface area contributed by atoms with Crippen molar-refractivity contribution >= 4 is 5.82 Å². The highest BCUT2D eigenvalue weighted by molar-refractivity contribution is 5.31. The highest BCUT2D eigenvalue weighted by atomic mass is 15.2. The van der Waals surface area contributed by atoms with Crippen LogP contribution in [0, 0.1) is 0 Å². The molecule has 1 heterocycles. The van der Waals surface area contributed by atoms with E-state index in [9.17, 15) is 0 Å². The molecule has 0 radical (unpaired) electrons. The average molecular weight is 206 g/mol. The lowest BCUT2D eigenvalue weighted by Crippen LogP contribution is -2.36. The summed E-state index contributed by atoms with van der Waals surface area (Å²) in [5, 5.41) is 3.32. The minimum Gasteiger partial charge on any atom is -0.368 e. The molecule has 0 spiro atoms. The first-order valence-electron chi connectivity index (χ1n) is 5.49. The van der Waals surface area contributed by atoms with Crippen LogP contribution in [0.5, 0.6) is 0 Å². The topological polar surface area (TPSA) is 41.1 Å². The molecule has 0 aliphatic heterocycles. The van der Waals surface area contributed by atoms with Gasteiger partial charge in [-0.1, -0.05) is 0 Å². The summed E-state index contributed by atoms with van der Waals surface area (Å²) in [5.74, 6) is 0.904. The van der Waals surface area contributed by atoms with E-state index in [1.165, 1.54) is 12.8 Å². The molecule has 1 N–H and O–H groups in total. The van der Waals surface area contributed by atoms with Gasteiger partial charge in [0.05, 0.1) is 0 Å². The Balaban J connectivity index is 1.77. The molecule has 1 aromatic rings. The number of nitrogens with zero attached hydrogens (tertiary/aromatic N) is 3. The maximum absolute atomic E-state index is 4.13. The molecule has 15 heavy (non-hydrogen) atoms. The second-order valence-electron chi connectivity index (χ2n) is 4.22. The lowest BCUT2D eigenvalue weighted by molar-refractivity contribution is 0.257. The minimum absolute atomic E-state index is 0.549. The second-order valence-corrected chi connectivity index (χ2v) is 4.22. The van der Waals surface area contributed by atoms with Crippen LogP contribution in [0.25, 0.3) is 0 Å². The van der Waals surface area contributed by atoms with Gasteiger partial charge in [0.25, 0.3) is 0 Å². The van der Waals surface area contributed by atoms with Gasteiger partial charge in [0.2, 0.25) is 0 Å². The van der Waals surface area contributed by atoms with Gasteiger partial charge in [0.15, 0.2) is 0 Å². The fourth-order valence-corrected chi connectivity index (χ4v) is 1.63. The van der Waals surface area contributed by atoms with E-state index in [-0.39, 0.29) is 0 Å². The first kappa shape index (κ1) is 10.4. The summed E-state index contributed by atoms with van der Waals surface area (Å²) in [6.07, 6.45) is 6.03. The SMILES string of the molecule is CC(CNc1ccncn1)N(C)C1CC1. The van der Waals surface area contributed by atoms with Gasteiger partial charge in [-0.2, -0.15) is 0 Å². The van der Waals surface area contributed by atoms with Crippen LogP contribution in [0.3, 0.4) is 0 Å². The van der Waals surface area contributed by atoms with Crippen LogP contribution in [0.2, 0.25) is 0 Å². The summed E-state index contributed by atoms with van der Waals surface area (Å²) < 4.78 is 0. The summed E-state index contributed by atoms with van der Waals surface area (Å²) in [7, 11) is 2.20. The highest BCUT2D eigenvalue weighted by Crippen LogP contribution is 2.26. The largest absolute Gasteiger partial charge is 0.368 e. The number of hydrogen-bond donors (Lipinski definition) is 1. The number of hydrogen-bond acceptors (Lipinski definition) is 4. The monoisotopic (exact) mass is 206 g/mol. The van der Waals surface area contributed by atoms with Gasteiger partial charge in [-0.3, -0.25) is 4.90 Å². The Morgan fingerprint density at radius 2 is 2.40 bits per heavy atom. The van der Waals surface area contributed by atoms with E-state index in [2.05, 4.69) is 34.2 Å². The van der Waals surface area contributed by atoms with Crippen LogP contribution in [0.15, 0.2) is 18.6 Å². The maximum Gasteiger partial charge on any atom is 0.129 e. The predicted octanol–water partition coefficient (Wildman–Crippen LogP) is 1.37. The first-order valence-corrected chi connectivity index (χ1v) is 5.49. The molecule has 1 atom stereocenters. The molecule has 1 unspecified atom stereocenters. The minimum atomic E-state index is 0.549. The van der Waals surface area contributed by atoms with Crippen molar-refractivity contribution in [1.29, 1.82) is 0 Å². The third-order valence-corrected chi connectivity index (χ3v) is 2.98. The summed E-state index contributed by atoms with van der Waals surface area (Å²) in [4.78, 5) is 10.5. The second kappa shape index (κ2) is 4.57. The van der Waals surface area contributed by atoms with E-state index < -0.39 is 0 Å². The fourth-order valence-electron chi connectivity index (χ4n) is 1.63. The van der Waals surface area contributed by atoms with Crippen molar-refractivity contribution in [1.82, 2.24) is 14.9 Å². The van der Waals surface area contributed by atoms with Gasteiger partial charge in [0, 0.05) is 24.8 Å². The summed E-state index contributed by atoms with van der Waals surface area (Å²) in [6.45, 7) is 3.18. The van der Waals surface area contributed by atoms with E-state index in [0.717, 1.165) is 18.4 Å².